The average Bonchev–Trinajstić information content (AvgIpc) is 2.78. The van der Waals surface area contributed by atoms with Gasteiger partial charge in [0.2, 0.25) is 0 Å². The maximum atomic E-state index is 12.5. The highest BCUT2D eigenvalue weighted by Crippen LogP contribution is 2.33. The summed E-state index contributed by atoms with van der Waals surface area (Å²) in [6, 6.07) is 0. The zero-order valence-corrected chi connectivity index (χ0v) is 11.9. The molecule has 0 amide bonds. The molecule has 19 heavy (non-hydrogen) atoms. The first kappa shape index (κ1) is 14.6. The molecule has 0 atom stereocenters. The number of thiazole rings is 1. The van der Waals surface area contributed by atoms with Crippen LogP contribution in [-0.2, 0) is 6.18 Å². The van der Waals surface area contributed by atoms with E-state index in [4.69, 9.17) is 0 Å². The van der Waals surface area contributed by atoms with Gasteiger partial charge in [-0.05, 0) is 5.92 Å². The lowest BCUT2D eigenvalue weighted by atomic mass is 10.2. The number of halogens is 3. The third-order valence-electron chi connectivity index (χ3n) is 3.05. The molecule has 0 aromatic carbocycles. The lowest BCUT2D eigenvalue weighted by Gasteiger charge is -2.35. The Labute approximate surface area is 115 Å². The number of alkyl halides is 3. The summed E-state index contributed by atoms with van der Waals surface area (Å²) in [7, 11) is 0. The number of aromatic nitrogens is 1. The molecule has 1 aliphatic rings. The van der Waals surface area contributed by atoms with Gasteiger partial charge in [-0.2, -0.15) is 13.2 Å². The summed E-state index contributed by atoms with van der Waals surface area (Å²) in [5.41, 5.74) is -0.780. The number of anilines is 1. The quantitative estimate of drug-likeness (QED) is 0.854. The van der Waals surface area contributed by atoms with Crippen LogP contribution in [0.2, 0.25) is 0 Å². The van der Waals surface area contributed by atoms with Crippen molar-refractivity contribution in [3.05, 3.63) is 11.1 Å². The summed E-state index contributed by atoms with van der Waals surface area (Å²) >= 11 is 1.07. The van der Waals surface area contributed by atoms with Crippen LogP contribution < -0.4 is 4.90 Å². The Morgan fingerprint density at radius 3 is 2.37 bits per heavy atom. The molecule has 0 spiro atoms. The second-order valence-electron chi connectivity index (χ2n) is 5.19. The van der Waals surface area contributed by atoms with Crippen molar-refractivity contribution in [3.8, 4) is 0 Å². The SMILES string of the molecule is CC(C)CN1CCN(c2nc(C(F)(F)F)cs2)CC1. The molecule has 3 nitrogen and oxygen atoms in total. The van der Waals surface area contributed by atoms with Gasteiger partial charge in [-0.15, -0.1) is 11.3 Å². The molecule has 7 heteroatoms. The van der Waals surface area contributed by atoms with Gasteiger partial charge >= 0.3 is 6.18 Å². The molecule has 1 fully saturated rings. The highest BCUT2D eigenvalue weighted by molar-refractivity contribution is 7.13. The van der Waals surface area contributed by atoms with Crippen LogP contribution in [0, 0.1) is 5.92 Å². The number of hydrogen-bond acceptors (Lipinski definition) is 4. The van der Waals surface area contributed by atoms with E-state index in [-0.39, 0.29) is 0 Å². The molecule has 0 saturated carbocycles. The first-order chi connectivity index (χ1) is 8.86. The Hall–Kier alpha value is -0.820. The summed E-state index contributed by atoms with van der Waals surface area (Å²) in [6.45, 7) is 8.65. The summed E-state index contributed by atoms with van der Waals surface area (Å²) < 4.78 is 37.5. The maximum absolute atomic E-state index is 12.5. The largest absolute Gasteiger partial charge is 0.434 e. The van der Waals surface area contributed by atoms with Crippen LogP contribution in [0.25, 0.3) is 0 Å². The molecule has 0 unspecified atom stereocenters. The van der Waals surface area contributed by atoms with Gasteiger partial charge in [0.25, 0.3) is 0 Å². The zero-order valence-electron chi connectivity index (χ0n) is 11.1. The van der Waals surface area contributed by atoms with Crippen LogP contribution in [0.4, 0.5) is 18.3 Å². The van der Waals surface area contributed by atoms with E-state index in [1.54, 1.807) is 0 Å². The second kappa shape index (κ2) is 5.66. The average molecular weight is 293 g/mol. The first-order valence-electron chi connectivity index (χ1n) is 6.36. The molecule has 108 valence electrons. The lowest BCUT2D eigenvalue weighted by molar-refractivity contribution is -0.140. The summed E-state index contributed by atoms with van der Waals surface area (Å²) in [5, 5.41) is 1.58. The van der Waals surface area contributed by atoms with Crippen molar-refractivity contribution in [2.45, 2.75) is 20.0 Å². The van der Waals surface area contributed by atoms with Crippen LogP contribution >= 0.6 is 11.3 Å². The normalized spacial score (nSPS) is 18.3. The minimum atomic E-state index is -4.34. The Balaban J connectivity index is 1.93. The van der Waals surface area contributed by atoms with Crippen LogP contribution in [0.3, 0.4) is 0 Å². The third kappa shape index (κ3) is 3.82. The van der Waals surface area contributed by atoms with E-state index >= 15 is 0 Å². The van der Waals surface area contributed by atoms with Crippen molar-refractivity contribution in [1.29, 1.82) is 0 Å². The molecule has 0 bridgehead atoms. The minimum absolute atomic E-state index is 0.483. The van der Waals surface area contributed by atoms with Crippen molar-refractivity contribution in [3.63, 3.8) is 0 Å². The maximum Gasteiger partial charge on any atom is 0.434 e. The number of piperazine rings is 1. The van der Waals surface area contributed by atoms with Gasteiger partial charge in [-0.3, -0.25) is 4.90 Å². The van der Waals surface area contributed by atoms with Gasteiger partial charge in [-0.1, -0.05) is 13.8 Å². The monoisotopic (exact) mass is 293 g/mol. The molecule has 2 heterocycles. The van der Waals surface area contributed by atoms with Crippen LogP contribution in [0.1, 0.15) is 19.5 Å². The van der Waals surface area contributed by atoms with E-state index in [0.29, 0.717) is 11.0 Å². The molecule has 0 radical (unpaired) electrons. The highest BCUT2D eigenvalue weighted by atomic mass is 32.1. The molecule has 1 aliphatic heterocycles. The van der Waals surface area contributed by atoms with Crippen molar-refractivity contribution >= 4 is 16.5 Å². The van der Waals surface area contributed by atoms with E-state index in [2.05, 4.69) is 23.7 Å². The van der Waals surface area contributed by atoms with Gasteiger partial charge in [0.05, 0.1) is 0 Å². The van der Waals surface area contributed by atoms with Crippen molar-refractivity contribution in [2.75, 3.05) is 37.6 Å². The Kier molecular flexibility index (Phi) is 4.35. The molecular weight excluding hydrogens is 275 g/mol. The molecular formula is C12H18F3N3S. The van der Waals surface area contributed by atoms with Gasteiger partial charge in [-0.25, -0.2) is 4.98 Å². The van der Waals surface area contributed by atoms with Crippen molar-refractivity contribution in [1.82, 2.24) is 9.88 Å². The smallest absolute Gasteiger partial charge is 0.346 e. The molecule has 1 aromatic rings. The molecule has 1 saturated heterocycles. The molecule has 0 N–H and O–H groups in total. The van der Waals surface area contributed by atoms with Gasteiger partial charge in [0.1, 0.15) is 0 Å². The van der Waals surface area contributed by atoms with E-state index in [1.807, 2.05) is 4.90 Å². The number of hydrogen-bond donors (Lipinski definition) is 0. The molecule has 2 rings (SSSR count). The highest BCUT2D eigenvalue weighted by Gasteiger charge is 2.34. The molecule has 1 aromatic heterocycles. The van der Waals surface area contributed by atoms with Crippen LogP contribution in [0.15, 0.2) is 5.38 Å². The minimum Gasteiger partial charge on any atom is -0.346 e. The van der Waals surface area contributed by atoms with E-state index in [0.717, 1.165) is 49.4 Å². The zero-order chi connectivity index (χ0) is 14.0. The van der Waals surface area contributed by atoms with Gasteiger partial charge in [0, 0.05) is 38.1 Å². The fourth-order valence-electron chi connectivity index (χ4n) is 2.18. The van der Waals surface area contributed by atoms with E-state index in [9.17, 15) is 13.2 Å². The summed E-state index contributed by atoms with van der Waals surface area (Å²) in [4.78, 5) is 7.98. The predicted octanol–water partition coefficient (Wildman–Crippen LogP) is 2.94. The Bertz CT molecular complexity index is 409. The summed E-state index contributed by atoms with van der Waals surface area (Å²) in [5.74, 6) is 0.614. The Morgan fingerprint density at radius 2 is 1.89 bits per heavy atom. The fraction of sp³-hybridized carbons (Fsp3) is 0.750. The standard InChI is InChI=1S/C12H18F3N3S/c1-9(2)7-17-3-5-18(6-4-17)11-16-10(8-19-11)12(13,14)15/h8-9H,3-7H2,1-2H3. The number of nitrogens with zero attached hydrogens (tertiary/aromatic N) is 3. The molecule has 0 aliphatic carbocycles. The predicted molar refractivity (Wildman–Crippen MR) is 70.6 cm³/mol. The van der Waals surface area contributed by atoms with E-state index in [1.165, 1.54) is 0 Å². The van der Waals surface area contributed by atoms with Gasteiger partial charge in [0.15, 0.2) is 10.8 Å². The second-order valence-corrected chi connectivity index (χ2v) is 6.03. The van der Waals surface area contributed by atoms with Gasteiger partial charge < -0.3 is 4.90 Å². The fourth-order valence-corrected chi connectivity index (χ4v) is 3.06. The first-order valence-corrected chi connectivity index (χ1v) is 7.24. The van der Waals surface area contributed by atoms with E-state index < -0.39 is 11.9 Å². The Morgan fingerprint density at radius 1 is 1.26 bits per heavy atom. The van der Waals surface area contributed by atoms with Crippen molar-refractivity contribution in [2.24, 2.45) is 5.92 Å². The summed E-state index contributed by atoms with van der Waals surface area (Å²) in [6.07, 6.45) is -4.34. The van der Waals surface area contributed by atoms with Crippen LogP contribution in [-0.4, -0.2) is 42.6 Å². The third-order valence-corrected chi connectivity index (χ3v) is 3.95. The van der Waals surface area contributed by atoms with Crippen molar-refractivity contribution < 1.29 is 13.2 Å². The topological polar surface area (TPSA) is 19.4 Å². The number of rotatable bonds is 3. The van der Waals surface area contributed by atoms with Crippen LogP contribution in [0.5, 0.6) is 0 Å². The lowest BCUT2D eigenvalue weighted by Crippen LogP contribution is -2.47.